The fraction of sp³-hybridized carbons (Fsp3) is 0.133. The summed E-state index contributed by atoms with van der Waals surface area (Å²) in [5.41, 5.74) is 8.44. The first-order valence-electron chi connectivity index (χ1n) is 6.76. The highest BCUT2D eigenvalue weighted by atomic mass is 79.9. The van der Waals surface area contributed by atoms with Crippen molar-refractivity contribution in [2.45, 2.75) is 13.5 Å². The van der Waals surface area contributed by atoms with Crippen molar-refractivity contribution >= 4 is 27.7 Å². The topological polar surface area (TPSA) is 81.6 Å². The number of nitrogens with one attached hydrogen (secondary N) is 1. The second kappa shape index (κ2) is 6.15. The molecule has 6 nitrogen and oxygen atoms in total. The highest BCUT2D eigenvalue weighted by molar-refractivity contribution is 9.10. The van der Waals surface area contributed by atoms with Gasteiger partial charge >= 0.3 is 0 Å². The average molecular weight is 359 g/mol. The second-order valence-electron chi connectivity index (χ2n) is 4.84. The Hall–Kier alpha value is -2.41. The molecule has 3 aromatic rings. The predicted molar refractivity (Wildman–Crippen MR) is 89.8 cm³/mol. The van der Waals surface area contributed by atoms with Crippen LogP contribution in [0.5, 0.6) is 0 Å². The molecule has 0 amide bonds. The van der Waals surface area contributed by atoms with Crippen LogP contribution in [0.15, 0.2) is 47.1 Å². The van der Waals surface area contributed by atoms with Gasteiger partial charge in [0, 0.05) is 22.4 Å². The van der Waals surface area contributed by atoms with E-state index in [9.17, 15) is 0 Å². The van der Waals surface area contributed by atoms with Gasteiger partial charge in [-0.1, -0.05) is 15.9 Å². The molecule has 0 bridgehead atoms. The zero-order valence-electron chi connectivity index (χ0n) is 12.0. The summed E-state index contributed by atoms with van der Waals surface area (Å²) in [5, 5.41) is 7.65. The van der Waals surface area contributed by atoms with Crippen LogP contribution in [0.4, 0.5) is 11.8 Å². The Labute approximate surface area is 136 Å². The Morgan fingerprint density at radius 2 is 1.95 bits per heavy atom. The lowest BCUT2D eigenvalue weighted by Gasteiger charge is -2.05. The number of rotatable bonds is 4. The first kappa shape index (κ1) is 14.5. The quantitative estimate of drug-likeness (QED) is 0.749. The number of anilines is 2. The molecule has 2 heterocycles. The lowest BCUT2D eigenvalue weighted by molar-refractivity contribution is 0.840. The van der Waals surface area contributed by atoms with E-state index in [-0.39, 0.29) is 0 Å². The first-order valence-corrected chi connectivity index (χ1v) is 7.55. The van der Waals surface area contributed by atoms with Gasteiger partial charge in [0.25, 0.3) is 0 Å². The van der Waals surface area contributed by atoms with Gasteiger partial charge in [0.15, 0.2) is 0 Å². The molecular weight excluding hydrogens is 344 g/mol. The Morgan fingerprint density at radius 3 is 2.68 bits per heavy atom. The maximum Gasteiger partial charge on any atom is 0.225 e. The monoisotopic (exact) mass is 358 g/mol. The third-order valence-corrected chi connectivity index (χ3v) is 3.57. The van der Waals surface area contributed by atoms with Gasteiger partial charge in [0.1, 0.15) is 5.82 Å². The van der Waals surface area contributed by atoms with Crippen molar-refractivity contribution in [1.29, 1.82) is 0 Å². The molecule has 0 saturated carbocycles. The van der Waals surface area contributed by atoms with Gasteiger partial charge in [-0.3, -0.25) is 0 Å². The van der Waals surface area contributed by atoms with Crippen LogP contribution in [0.25, 0.3) is 5.69 Å². The van der Waals surface area contributed by atoms with Crippen LogP contribution in [0.3, 0.4) is 0 Å². The molecule has 0 radical (unpaired) electrons. The zero-order valence-corrected chi connectivity index (χ0v) is 13.6. The molecule has 0 aliphatic rings. The van der Waals surface area contributed by atoms with E-state index in [4.69, 9.17) is 5.73 Å². The molecule has 7 heteroatoms. The van der Waals surface area contributed by atoms with Crippen LogP contribution >= 0.6 is 15.9 Å². The molecule has 0 spiro atoms. The fourth-order valence-corrected chi connectivity index (χ4v) is 2.30. The standard InChI is InChI=1S/C15H15BrN6/c1-10-8-14(17)20-15(19-10)18-9-12-6-7-22(21-12)13-4-2-11(16)3-5-13/h2-8H,9H2,1H3,(H3,17,18,19,20). The molecule has 0 fully saturated rings. The third-order valence-electron chi connectivity index (χ3n) is 3.04. The van der Waals surface area contributed by atoms with Gasteiger partial charge in [0.05, 0.1) is 17.9 Å². The Kier molecular flexibility index (Phi) is 4.06. The molecule has 112 valence electrons. The molecule has 3 rings (SSSR count). The number of nitrogen functional groups attached to an aromatic ring is 1. The van der Waals surface area contributed by atoms with Crippen molar-refractivity contribution in [2.75, 3.05) is 11.1 Å². The van der Waals surface area contributed by atoms with Crippen LogP contribution in [0.2, 0.25) is 0 Å². The number of aryl methyl sites for hydroxylation is 1. The molecule has 3 N–H and O–H groups in total. The van der Waals surface area contributed by atoms with E-state index in [1.165, 1.54) is 0 Å². The summed E-state index contributed by atoms with van der Waals surface area (Å²) in [6.07, 6.45) is 1.92. The van der Waals surface area contributed by atoms with Crippen LogP contribution in [-0.2, 0) is 6.54 Å². The van der Waals surface area contributed by atoms with E-state index in [0.717, 1.165) is 21.5 Å². The van der Waals surface area contributed by atoms with E-state index in [1.54, 1.807) is 6.07 Å². The fourth-order valence-electron chi connectivity index (χ4n) is 2.04. The summed E-state index contributed by atoms with van der Waals surface area (Å²) in [5.74, 6) is 0.964. The number of halogens is 1. The second-order valence-corrected chi connectivity index (χ2v) is 5.76. The van der Waals surface area contributed by atoms with E-state index in [0.29, 0.717) is 18.3 Å². The number of nitrogens with zero attached hydrogens (tertiary/aromatic N) is 4. The van der Waals surface area contributed by atoms with Crippen LogP contribution in [0.1, 0.15) is 11.4 Å². The average Bonchev–Trinajstić information content (AvgIpc) is 2.94. The van der Waals surface area contributed by atoms with E-state index in [1.807, 2.05) is 48.1 Å². The smallest absolute Gasteiger partial charge is 0.225 e. The van der Waals surface area contributed by atoms with Gasteiger partial charge < -0.3 is 11.1 Å². The van der Waals surface area contributed by atoms with Gasteiger partial charge in [-0.15, -0.1) is 0 Å². The maximum absolute atomic E-state index is 5.71. The normalized spacial score (nSPS) is 10.6. The highest BCUT2D eigenvalue weighted by Gasteiger charge is 2.04. The molecule has 0 atom stereocenters. The molecular formula is C15H15BrN6. The maximum atomic E-state index is 5.71. The largest absolute Gasteiger partial charge is 0.384 e. The summed E-state index contributed by atoms with van der Waals surface area (Å²) in [7, 11) is 0. The summed E-state index contributed by atoms with van der Waals surface area (Å²) in [6, 6.07) is 11.6. The third kappa shape index (κ3) is 3.43. The van der Waals surface area contributed by atoms with Crippen LogP contribution < -0.4 is 11.1 Å². The number of nitrogens with two attached hydrogens (primary N) is 1. The minimum atomic E-state index is 0.454. The van der Waals surface area contributed by atoms with Crippen LogP contribution in [0, 0.1) is 6.92 Å². The Balaban J connectivity index is 1.70. The first-order chi connectivity index (χ1) is 10.6. The number of benzene rings is 1. The van der Waals surface area contributed by atoms with Gasteiger partial charge in [0.2, 0.25) is 5.95 Å². The molecule has 1 aromatic carbocycles. The summed E-state index contributed by atoms with van der Waals surface area (Å²) >= 11 is 3.42. The van der Waals surface area contributed by atoms with Crippen molar-refractivity contribution in [3.63, 3.8) is 0 Å². The van der Waals surface area contributed by atoms with Crippen molar-refractivity contribution in [2.24, 2.45) is 0 Å². The predicted octanol–water partition coefficient (Wildman–Crippen LogP) is 2.93. The molecule has 22 heavy (non-hydrogen) atoms. The lowest BCUT2D eigenvalue weighted by Crippen LogP contribution is -2.07. The summed E-state index contributed by atoms with van der Waals surface area (Å²) in [4.78, 5) is 8.42. The molecule has 0 saturated heterocycles. The van der Waals surface area contributed by atoms with E-state index in [2.05, 4.69) is 36.3 Å². The zero-order chi connectivity index (χ0) is 15.5. The number of hydrogen-bond donors (Lipinski definition) is 2. The van der Waals surface area contributed by atoms with Crippen molar-refractivity contribution in [3.05, 3.63) is 58.5 Å². The van der Waals surface area contributed by atoms with Crippen molar-refractivity contribution in [1.82, 2.24) is 19.7 Å². The summed E-state index contributed by atoms with van der Waals surface area (Å²) < 4.78 is 2.87. The SMILES string of the molecule is Cc1cc(N)nc(NCc2ccn(-c3ccc(Br)cc3)n2)n1. The molecule has 2 aromatic heterocycles. The lowest BCUT2D eigenvalue weighted by atomic mass is 10.3. The molecule has 0 unspecified atom stereocenters. The van der Waals surface area contributed by atoms with Crippen molar-refractivity contribution < 1.29 is 0 Å². The minimum Gasteiger partial charge on any atom is -0.384 e. The van der Waals surface area contributed by atoms with Crippen molar-refractivity contribution in [3.8, 4) is 5.69 Å². The van der Waals surface area contributed by atoms with E-state index < -0.39 is 0 Å². The minimum absolute atomic E-state index is 0.454. The van der Waals surface area contributed by atoms with Gasteiger partial charge in [-0.05, 0) is 37.3 Å². The Morgan fingerprint density at radius 1 is 1.18 bits per heavy atom. The number of aromatic nitrogens is 4. The van der Waals surface area contributed by atoms with Gasteiger partial charge in [-0.25, -0.2) is 9.67 Å². The van der Waals surface area contributed by atoms with Crippen LogP contribution in [-0.4, -0.2) is 19.7 Å². The highest BCUT2D eigenvalue weighted by Crippen LogP contribution is 2.14. The number of hydrogen-bond acceptors (Lipinski definition) is 5. The Bertz CT molecular complexity index is 761. The summed E-state index contributed by atoms with van der Waals surface area (Å²) in [6.45, 7) is 2.41. The molecule has 0 aliphatic carbocycles. The van der Waals surface area contributed by atoms with Gasteiger partial charge in [-0.2, -0.15) is 10.1 Å². The van der Waals surface area contributed by atoms with E-state index >= 15 is 0 Å². The molecule has 0 aliphatic heterocycles.